The summed E-state index contributed by atoms with van der Waals surface area (Å²) in [6.45, 7) is 7.33. The molecule has 3 aromatic carbocycles. The molecule has 1 saturated heterocycles. The van der Waals surface area contributed by atoms with Crippen LogP contribution in [0.15, 0.2) is 60.7 Å². The number of methoxy groups -OCH3 is 1. The van der Waals surface area contributed by atoms with Crippen LogP contribution in [0.25, 0.3) is 11.1 Å². The topological polar surface area (TPSA) is 59.0 Å². The van der Waals surface area contributed by atoms with E-state index in [9.17, 15) is 14.3 Å². The molecule has 1 aliphatic heterocycles. The Morgan fingerprint density at radius 2 is 1.89 bits per heavy atom. The Labute approximate surface area is 218 Å². The van der Waals surface area contributed by atoms with Gasteiger partial charge in [-0.2, -0.15) is 0 Å². The standard InChI is InChI=1S/C31H36FNO4/c1-20-9-10-23(17-30(20)32)16-25-13-14-33(25)18-26(34)19-37-22(3)28-7-5-6-8-29(28)24-11-12-27(21(2)15-24)31(35)36-4/h5-12,15,17,22,25-26,34H,13-14,16,18-19H2,1-4H3/t22-,25+,26-/m1/s1. The van der Waals surface area contributed by atoms with Gasteiger partial charge in [0.15, 0.2) is 0 Å². The lowest BCUT2D eigenvalue weighted by atomic mass is 9.94. The van der Waals surface area contributed by atoms with Crippen LogP contribution >= 0.6 is 0 Å². The largest absolute Gasteiger partial charge is 0.465 e. The van der Waals surface area contributed by atoms with E-state index in [0.717, 1.165) is 47.2 Å². The number of rotatable bonds is 10. The Kier molecular flexibility index (Phi) is 8.75. The number of esters is 1. The first-order valence-electron chi connectivity index (χ1n) is 12.8. The second-order valence-electron chi connectivity index (χ2n) is 9.96. The predicted octanol–water partition coefficient (Wildman–Crippen LogP) is 5.65. The summed E-state index contributed by atoms with van der Waals surface area (Å²) in [7, 11) is 1.38. The molecule has 1 heterocycles. The second kappa shape index (κ2) is 12.0. The molecule has 0 spiro atoms. The number of carbonyl (C=O) groups excluding carboxylic acids is 1. The van der Waals surface area contributed by atoms with E-state index < -0.39 is 6.10 Å². The van der Waals surface area contributed by atoms with Gasteiger partial charge in [0.2, 0.25) is 0 Å². The van der Waals surface area contributed by atoms with Gasteiger partial charge in [0, 0.05) is 19.1 Å². The molecule has 1 N–H and O–H groups in total. The number of carbonyl (C=O) groups is 1. The number of hydrogen-bond acceptors (Lipinski definition) is 5. The number of ether oxygens (including phenoxy) is 2. The third-order valence-electron chi connectivity index (χ3n) is 7.30. The van der Waals surface area contributed by atoms with Crippen molar-refractivity contribution in [3.8, 4) is 11.1 Å². The highest BCUT2D eigenvalue weighted by atomic mass is 19.1. The molecule has 0 aliphatic carbocycles. The maximum absolute atomic E-state index is 13.9. The van der Waals surface area contributed by atoms with Crippen LogP contribution in [0.5, 0.6) is 0 Å². The molecule has 3 aromatic rings. The molecule has 3 atom stereocenters. The van der Waals surface area contributed by atoms with Crippen LogP contribution in [0.2, 0.25) is 0 Å². The molecule has 0 bridgehead atoms. The highest BCUT2D eigenvalue weighted by molar-refractivity contribution is 5.91. The molecule has 6 heteroatoms. The fraction of sp³-hybridized carbons (Fsp3) is 0.387. The Morgan fingerprint density at radius 1 is 1.11 bits per heavy atom. The Morgan fingerprint density at radius 3 is 2.57 bits per heavy atom. The summed E-state index contributed by atoms with van der Waals surface area (Å²) in [5.74, 6) is -0.515. The van der Waals surface area contributed by atoms with Crippen LogP contribution < -0.4 is 0 Å². The number of halogens is 1. The van der Waals surface area contributed by atoms with Crippen molar-refractivity contribution in [3.63, 3.8) is 0 Å². The molecule has 0 radical (unpaired) electrons. The molecular formula is C31H36FNO4. The van der Waals surface area contributed by atoms with Crippen LogP contribution in [-0.4, -0.2) is 54.9 Å². The summed E-state index contributed by atoms with van der Waals surface area (Å²) in [6.07, 6.45) is 0.979. The zero-order valence-corrected chi connectivity index (χ0v) is 22.0. The first kappa shape index (κ1) is 27.0. The number of benzene rings is 3. The number of likely N-dealkylation sites (tertiary alicyclic amines) is 1. The molecule has 37 heavy (non-hydrogen) atoms. The molecule has 1 fully saturated rings. The Balaban J connectivity index is 1.34. The number of aliphatic hydroxyl groups is 1. The van der Waals surface area contributed by atoms with Gasteiger partial charge < -0.3 is 14.6 Å². The number of β-amino-alcohol motifs (C(OH)–C–C–N with tert-alkyl or cyclic N) is 1. The summed E-state index contributed by atoms with van der Waals surface area (Å²) in [5, 5.41) is 10.7. The summed E-state index contributed by atoms with van der Waals surface area (Å²) in [6, 6.07) is 19.5. The van der Waals surface area contributed by atoms with Crippen molar-refractivity contribution >= 4 is 5.97 Å². The summed E-state index contributed by atoms with van der Waals surface area (Å²) in [5.41, 5.74) is 6.08. The van der Waals surface area contributed by atoms with Crippen molar-refractivity contribution in [2.45, 2.75) is 51.9 Å². The van der Waals surface area contributed by atoms with Crippen LogP contribution in [0, 0.1) is 19.7 Å². The number of aryl methyl sites for hydroxylation is 2. The fourth-order valence-electron chi connectivity index (χ4n) is 4.95. The highest BCUT2D eigenvalue weighted by Gasteiger charge is 2.30. The Bertz CT molecular complexity index is 1240. The monoisotopic (exact) mass is 505 g/mol. The van der Waals surface area contributed by atoms with Crippen LogP contribution in [-0.2, 0) is 15.9 Å². The molecule has 0 aromatic heterocycles. The van der Waals surface area contributed by atoms with Gasteiger partial charge in [-0.25, -0.2) is 9.18 Å². The second-order valence-corrected chi connectivity index (χ2v) is 9.96. The lowest BCUT2D eigenvalue weighted by molar-refractivity contribution is -0.0355. The fourth-order valence-corrected chi connectivity index (χ4v) is 4.95. The van der Waals surface area contributed by atoms with Crippen LogP contribution in [0.3, 0.4) is 0 Å². The highest BCUT2D eigenvalue weighted by Crippen LogP contribution is 2.31. The minimum Gasteiger partial charge on any atom is -0.465 e. The third-order valence-corrected chi connectivity index (χ3v) is 7.30. The van der Waals surface area contributed by atoms with E-state index in [0.29, 0.717) is 23.7 Å². The molecule has 0 amide bonds. The molecule has 1 aliphatic rings. The molecular weight excluding hydrogens is 469 g/mol. The average Bonchev–Trinajstić information content (AvgIpc) is 2.89. The van der Waals surface area contributed by atoms with Crippen molar-refractivity contribution in [1.29, 1.82) is 0 Å². The van der Waals surface area contributed by atoms with Gasteiger partial charge in [-0.05, 0) is 79.1 Å². The summed E-state index contributed by atoms with van der Waals surface area (Å²) in [4.78, 5) is 14.2. The number of aliphatic hydroxyl groups excluding tert-OH is 1. The number of hydrogen-bond donors (Lipinski definition) is 1. The van der Waals surface area contributed by atoms with E-state index in [1.165, 1.54) is 7.11 Å². The first-order valence-corrected chi connectivity index (χ1v) is 12.8. The zero-order chi connectivity index (χ0) is 26.5. The van der Waals surface area contributed by atoms with Gasteiger partial charge >= 0.3 is 5.97 Å². The van der Waals surface area contributed by atoms with E-state index in [1.807, 2.05) is 62.4 Å². The molecule has 4 rings (SSSR count). The maximum atomic E-state index is 13.9. The lowest BCUT2D eigenvalue weighted by Gasteiger charge is -2.42. The molecule has 5 nitrogen and oxygen atoms in total. The van der Waals surface area contributed by atoms with Crippen molar-refractivity contribution in [2.75, 3.05) is 26.8 Å². The minimum absolute atomic E-state index is 0.166. The summed E-state index contributed by atoms with van der Waals surface area (Å²) < 4.78 is 24.9. The van der Waals surface area contributed by atoms with Gasteiger partial charge in [-0.1, -0.05) is 48.5 Å². The smallest absolute Gasteiger partial charge is 0.338 e. The van der Waals surface area contributed by atoms with Gasteiger partial charge in [0.25, 0.3) is 0 Å². The Hall–Kier alpha value is -3.06. The lowest BCUT2D eigenvalue weighted by Crippen LogP contribution is -2.52. The molecule has 196 valence electrons. The van der Waals surface area contributed by atoms with E-state index in [4.69, 9.17) is 9.47 Å². The van der Waals surface area contributed by atoms with Crippen molar-refractivity contribution in [2.24, 2.45) is 0 Å². The van der Waals surface area contributed by atoms with E-state index in [2.05, 4.69) is 4.90 Å². The normalized spacial score (nSPS) is 17.2. The van der Waals surface area contributed by atoms with Crippen LogP contribution in [0.1, 0.15) is 52.1 Å². The van der Waals surface area contributed by atoms with Crippen molar-refractivity contribution in [1.82, 2.24) is 4.90 Å². The average molecular weight is 506 g/mol. The van der Waals surface area contributed by atoms with E-state index in [-0.39, 0.29) is 24.5 Å². The van der Waals surface area contributed by atoms with E-state index >= 15 is 0 Å². The molecule has 0 unspecified atom stereocenters. The molecule has 0 saturated carbocycles. The van der Waals surface area contributed by atoms with Crippen LogP contribution in [0.4, 0.5) is 4.39 Å². The van der Waals surface area contributed by atoms with Gasteiger partial charge in [-0.3, -0.25) is 4.90 Å². The quantitative estimate of drug-likeness (QED) is 0.361. The maximum Gasteiger partial charge on any atom is 0.338 e. The third kappa shape index (κ3) is 6.45. The van der Waals surface area contributed by atoms with Gasteiger partial charge in [0.1, 0.15) is 5.82 Å². The minimum atomic E-state index is -0.617. The van der Waals surface area contributed by atoms with Crippen molar-refractivity contribution < 1.29 is 23.8 Å². The van der Waals surface area contributed by atoms with Gasteiger partial charge in [-0.15, -0.1) is 0 Å². The number of nitrogens with zero attached hydrogens (tertiary/aromatic N) is 1. The van der Waals surface area contributed by atoms with E-state index in [1.54, 1.807) is 19.1 Å². The first-order chi connectivity index (χ1) is 17.8. The SMILES string of the molecule is COC(=O)c1ccc(-c2ccccc2[C@@H](C)OC[C@H](O)CN2CC[C@H]2Cc2ccc(C)c(F)c2)cc1C. The van der Waals surface area contributed by atoms with Gasteiger partial charge in [0.05, 0.1) is 31.5 Å². The summed E-state index contributed by atoms with van der Waals surface area (Å²) >= 11 is 0. The van der Waals surface area contributed by atoms with Crippen molar-refractivity contribution in [3.05, 3.63) is 94.3 Å². The predicted molar refractivity (Wildman–Crippen MR) is 143 cm³/mol. The zero-order valence-electron chi connectivity index (χ0n) is 22.0.